The van der Waals surface area contributed by atoms with Crippen LogP contribution in [0.25, 0.3) is 0 Å². The molecule has 0 bridgehead atoms. The average Bonchev–Trinajstić information content (AvgIpc) is 3.07. The summed E-state index contributed by atoms with van der Waals surface area (Å²) in [5.41, 5.74) is 1.21. The molecule has 152 valence electrons. The topological polar surface area (TPSA) is 66.8 Å². The molecule has 1 fully saturated rings. The number of halogens is 1. The van der Waals surface area contributed by atoms with E-state index in [1.54, 1.807) is 24.3 Å². The Labute approximate surface area is 171 Å². The molecule has 2 aromatic rings. The fourth-order valence-corrected chi connectivity index (χ4v) is 4.42. The quantitative estimate of drug-likeness (QED) is 0.707. The van der Waals surface area contributed by atoms with Crippen LogP contribution >= 0.6 is 11.6 Å². The summed E-state index contributed by atoms with van der Waals surface area (Å²) in [5.74, 6) is 1.05. The Bertz CT molecular complexity index is 886. The molecule has 2 unspecified atom stereocenters. The summed E-state index contributed by atoms with van der Waals surface area (Å²) < 4.78 is 28.9. The van der Waals surface area contributed by atoms with E-state index in [2.05, 4.69) is 11.0 Å². The van der Waals surface area contributed by atoms with Gasteiger partial charge in [-0.3, -0.25) is 0 Å². The number of aliphatic hydroxyl groups is 1. The molecule has 28 heavy (non-hydrogen) atoms. The van der Waals surface area contributed by atoms with Gasteiger partial charge < -0.3 is 14.7 Å². The van der Waals surface area contributed by atoms with Gasteiger partial charge in [-0.25, -0.2) is 8.42 Å². The molecule has 7 heteroatoms. The van der Waals surface area contributed by atoms with Crippen molar-refractivity contribution in [3.63, 3.8) is 0 Å². The minimum absolute atomic E-state index is 0.134. The predicted molar refractivity (Wildman–Crippen MR) is 111 cm³/mol. The van der Waals surface area contributed by atoms with Gasteiger partial charge in [-0.1, -0.05) is 23.7 Å². The first kappa shape index (κ1) is 21.1. The third kappa shape index (κ3) is 5.70. The lowest BCUT2D eigenvalue weighted by Crippen LogP contribution is -2.24. The maximum absolute atomic E-state index is 11.5. The lowest BCUT2D eigenvalue weighted by atomic mass is 9.98. The Kier molecular flexibility index (Phi) is 6.99. The minimum atomic E-state index is -3.21. The van der Waals surface area contributed by atoms with Crippen molar-refractivity contribution in [3.8, 4) is 5.75 Å². The summed E-state index contributed by atoms with van der Waals surface area (Å²) in [5, 5.41) is 10.5. The first-order chi connectivity index (χ1) is 13.3. The number of ether oxygens (including phenoxy) is 1. The smallest absolute Gasteiger partial charge is 0.175 e. The third-order valence-corrected chi connectivity index (χ3v) is 6.57. The van der Waals surface area contributed by atoms with E-state index in [1.807, 2.05) is 18.2 Å². The van der Waals surface area contributed by atoms with Crippen molar-refractivity contribution < 1.29 is 18.3 Å². The van der Waals surface area contributed by atoms with E-state index in [-0.39, 0.29) is 23.3 Å². The van der Waals surface area contributed by atoms with Crippen LogP contribution in [0, 0.1) is 11.8 Å². The number of sulfone groups is 1. The van der Waals surface area contributed by atoms with E-state index in [1.165, 1.54) is 11.8 Å². The fraction of sp³-hybridized carbons (Fsp3) is 0.429. The molecule has 1 saturated heterocycles. The molecule has 1 aliphatic rings. The van der Waals surface area contributed by atoms with E-state index in [4.69, 9.17) is 16.3 Å². The minimum Gasteiger partial charge on any atom is -0.493 e. The van der Waals surface area contributed by atoms with Gasteiger partial charge in [0.05, 0.1) is 11.5 Å². The van der Waals surface area contributed by atoms with Crippen LogP contribution in [0.15, 0.2) is 53.4 Å². The lowest BCUT2D eigenvalue weighted by Gasteiger charge is -2.17. The molecule has 3 rings (SSSR count). The molecule has 1 N–H and O–H groups in total. The van der Waals surface area contributed by atoms with E-state index in [9.17, 15) is 13.5 Å². The molecule has 5 nitrogen and oxygen atoms in total. The van der Waals surface area contributed by atoms with Crippen LogP contribution in [0.4, 0.5) is 0 Å². The molecule has 2 aromatic carbocycles. The second-order valence-corrected chi connectivity index (χ2v) is 9.85. The molecule has 0 aromatic heterocycles. The van der Waals surface area contributed by atoms with Gasteiger partial charge in [-0.05, 0) is 48.4 Å². The largest absolute Gasteiger partial charge is 0.493 e. The van der Waals surface area contributed by atoms with Crippen LogP contribution in [0.2, 0.25) is 5.02 Å². The zero-order valence-corrected chi connectivity index (χ0v) is 17.5. The van der Waals surface area contributed by atoms with Gasteiger partial charge >= 0.3 is 0 Å². The van der Waals surface area contributed by atoms with Gasteiger partial charge in [0.1, 0.15) is 5.75 Å². The molecular weight excluding hydrogens is 398 g/mol. The summed E-state index contributed by atoms with van der Waals surface area (Å²) in [6.45, 7) is 3.26. The maximum Gasteiger partial charge on any atom is 0.175 e. The highest BCUT2D eigenvalue weighted by atomic mass is 35.5. The molecule has 0 saturated carbocycles. The SMILES string of the molecule is CS(=O)(=O)c1ccc(OCC2CN(CCc3cccc(Cl)c3)CC2CO)cc1. The molecule has 0 spiro atoms. The van der Waals surface area contributed by atoms with Gasteiger partial charge in [0.25, 0.3) is 0 Å². The van der Waals surface area contributed by atoms with Crippen LogP contribution in [-0.4, -0.2) is 57.5 Å². The Hall–Kier alpha value is -1.60. The number of hydrogen-bond acceptors (Lipinski definition) is 5. The van der Waals surface area contributed by atoms with Crippen LogP contribution in [0.3, 0.4) is 0 Å². The van der Waals surface area contributed by atoms with Crippen molar-refractivity contribution in [1.82, 2.24) is 4.90 Å². The summed E-state index contributed by atoms with van der Waals surface area (Å²) in [6.07, 6.45) is 2.10. The fourth-order valence-electron chi connectivity index (χ4n) is 3.58. The zero-order valence-electron chi connectivity index (χ0n) is 15.9. The normalized spacial score (nSPS) is 20.4. The van der Waals surface area contributed by atoms with Crippen LogP contribution < -0.4 is 4.74 Å². The number of rotatable bonds is 8. The van der Waals surface area contributed by atoms with Gasteiger partial charge in [0.2, 0.25) is 0 Å². The molecule has 0 radical (unpaired) electrons. The van der Waals surface area contributed by atoms with E-state index < -0.39 is 9.84 Å². The highest BCUT2D eigenvalue weighted by molar-refractivity contribution is 7.90. The Morgan fingerprint density at radius 1 is 1.14 bits per heavy atom. The van der Waals surface area contributed by atoms with Gasteiger partial charge in [0, 0.05) is 49.4 Å². The van der Waals surface area contributed by atoms with Crippen molar-refractivity contribution in [2.24, 2.45) is 11.8 Å². The maximum atomic E-state index is 11.5. The summed E-state index contributed by atoms with van der Waals surface area (Å²) >= 11 is 6.05. The number of benzene rings is 2. The van der Waals surface area contributed by atoms with E-state index in [0.717, 1.165) is 31.1 Å². The number of aliphatic hydroxyl groups excluding tert-OH is 1. The Balaban J connectivity index is 1.52. The zero-order chi connectivity index (χ0) is 20.1. The standard InChI is InChI=1S/C21H26ClNO4S/c1-28(25,26)21-7-5-20(6-8-21)27-15-18-13-23(12-17(18)14-24)10-9-16-3-2-4-19(22)11-16/h2-8,11,17-18,24H,9-10,12-15H2,1H3. The summed E-state index contributed by atoms with van der Waals surface area (Å²) in [4.78, 5) is 2.63. The van der Waals surface area contributed by atoms with Crippen molar-refractivity contribution in [2.75, 3.05) is 39.1 Å². The summed E-state index contributed by atoms with van der Waals surface area (Å²) in [7, 11) is -3.21. The van der Waals surface area contributed by atoms with Crippen LogP contribution in [0.1, 0.15) is 5.56 Å². The Morgan fingerprint density at radius 2 is 1.86 bits per heavy atom. The number of likely N-dealkylation sites (tertiary alicyclic amines) is 1. The molecule has 1 heterocycles. The first-order valence-corrected chi connectivity index (χ1v) is 11.6. The van der Waals surface area contributed by atoms with Crippen molar-refractivity contribution >= 4 is 21.4 Å². The third-order valence-electron chi connectivity index (χ3n) is 5.21. The van der Waals surface area contributed by atoms with Gasteiger partial charge in [0.15, 0.2) is 9.84 Å². The van der Waals surface area contributed by atoms with Crippen LogP contribution in [-0.2, 0) is 16.3 Å². The molecule has 0 aliphatic carbocycles. The monoisotopic (exact) mass is 423 g/mol. The van der Waals surface area contributed by atoms with E-state index in [0.29, 0.717) is 12.4 Å². The second-order valence-electron chi connectivity index (χ2n) is 7.40. The molecular formula is C21H26ClNO4S. The average molecular weight is 424 g/mol. The molecule has 2 atom stereocenters. The number of nitrogens with zero attached hydrogens (tertiary/aromatic N) is 1. The van der Waals surface area contributed by atoms with Gasteiger partial charge in [-0.2, -0.15) is 0 Å². The lowest BCUT2D eigenvalue weighted by molar-refractivity contribution is 0.162. The highest BCUT2D eigenvalue weighted by Gasteiger charge is 2.32. The predicted octanol–water partition coefficient (Wildman–Crippen LogP) is 2.91. The van der Waals surface area contributed by atoms with Crippen LogP contribution in [0.5, 0.6) is 5.75 Å². The van der Waals surface area contributed by atoms with Crippen molar-refractivity contribution in [1.29, 1.82) is 0 Å². The molecule has 0 amide bonds. The van der Waals surface area contributed by atoms with Crippen molar-refractivity contribution in [2.45, 2.75) is 11.3 Å². The highest BCUT2D eigenvalue weighted by Crippen LogP contribution is 2.25. The van der Waals surface area contributed by atoms with Gasteiger partial charge in [-0.15, -0.1) is 0 Å². The Morgan fingerprint density at radius 3 is 2.50 bits per heavy atom. The second kappa shape index (κ2) is 9.27. The first-order valence-electron chi connectivity index (χ1n) is 9.36. The molecule has 1 aliphatic heterocycles. The number of hydrogen-bond donors (Lipinski definition) is 1. The van der Waals surface area contributed by atoms with Crippen molar-refractivity contribution in [3.05, 3.63) is 59.1 Å². The summed E-state index contributed by atoms with van der Waals surface area (Å²) in [6, 6.07) is 14.4. The van der Waals surface area contributed by atoms with E-state index >= 15 is 0 Å².